The van der Waals surface area contributed by atoms with Crippen LogP contribution in [0.5, 0.6) is 5.75 Å². The van der Waals surface area contributed by atoms with Crippen LogP contribution in [-0.4, -0.2) is 52.4 Å². The first-order valence-corrected chi connectivity index (χ1v) is 7.87. The molecular weight excluding hydrogens is 327 g/mol. The minimum absolute atomic E-state index is 0.0545. The summed E-state index contributed by atoms with van der Waals surface area (Å²) in [4.78, 5) is 25.1. The number of nitrogens with zero attached hydrogens (tertiary/aromatic N) is 3. The molecule has 2 amide bonds. The first-order valence-electron chi connectivity index (χ1n) is 7.87. The first kappa shape index (κ1) is 16.9. The van der Waals surface area contributed by atoms with Gasteiger partial charge in [0.15, 0.2) is 0 Å². The van der Waals surface area contributed by atoms with Crippen LogP contribution >= 0.6 is 0 Å². The number of primary amides is 1. The molecule has 1 fully saturated rings. The molecule has 0 unspecified atom stereocenters. The molecule has 1 aliphatic rings. The molecule has 132 valence electrons. The van der Waals surface area contributed by atoms with Gasteiger partial charge in [0.05, 0.1) is 32.0 Å². The van der Waals surface area contributed by atoms with Crippen molar-refractivity contribution in [3.05, 3.63) is 47.8 Å². The number of hydrogen-bond acceptors (Lipinski definition) is 4. The largest absolute Gasteiger partial charge is 0.497 e. The number of methoxy groups -OCH3 is 1. The standard InChI is InChI=1S/C17H19FN4O3/c1-25-14-4-2-11(3-5-14)8-21-9-12(7-20-21)17(24)22-10-13(18)6-15(22)16(19)23/h2-5,7,9,13,15H,6,8,10H2,1H3,(H2,19,23)/t13-,15+/m1/s1. The number of halogens is 1. The number of aromatic nitrogens is 2. The second-order valence-corrected chi connectivity index (χ2v) is 5.98. The third-order valence-corrected chi connectivity index (χ3v) is 4.22. The van der Waals surface area contributed by atoms with E-state index in [-0.39, 0.29) is 13.0 Å². The number of likely N-dealkylation sites (tertiary alicyclic amines) is 1. The van der Waals surface area contributed by atoms with Gasteiger partial charge in [-0.2, -0.15) is 5.10 Å². The smallest absolute Gasteiger partial charge is 0.257 e. The summed E-state index contributed by atoms with van der Waals surface area (Å²) in [5, 5.41) is 4.16. The van der Waals surface area contributed by atoms with Crippen LogP contribution in [0.2, 0.25) is 0 Å². The van der Waals surface area contributed by atoms with Crippen molar-refractivity contribution in [3.63, 3.8) is 0 Å². The van der Waals surface area contributed by atoms with E-state index < -0.39 is 24.0 Å². The second-order valence-electron chi connectivity index (χ2n) is 5.98. The van der Waals surface area contributed by atoms with Crippen LogP contribution in [0.4, 0.5) is 4.39 Å². The van der Waals surface area contributed by atoms with E-state index in [0.717, 1.165) is 11.3 Å². The Kier molecular flexibility index (Phi) is 4.69. The van der Waals surface area contributed by atoms with Crippen LogP contribution in [0.3, 0.4) is 0 Å². The Labute approximate surface area is 144 Å². The van der Waals surface area contributed by atoms with Crippen LogP contribution in [0.15, 0.2) is 36.7 Å². The van der Waals surface area contributed by atoms with Gasteiger partial charge < -0.3 is 15.4 Å². The number of rotatable bonds is 5. The molecule has 2 atom stereocenters. The molecule has 1 aromatic heterocycles. The van der Waals surface area contributed by atoms with Crippen molar-refractivity contribution in [2.75, 3.05) is 13.7 Å². The maximum absolute atomic E-state index is 13.6. The van der Waals surface area contributed by atoms with Crippen molar-refractivity contribution in [2.24, 2.45) is 5.73 Å². The predicted octanol–water partition coefficient (Wildman–Crippen LogP) is 0.978. The molecule has 2 heterocycles. The van der Waals surface area contributed by atoms with Gasteiger partial charge in [-0.25, -0.2) is 4.39 Å². The van der Waals surface area contributed by atoms with Crippen molar-refractivity contribution in [1.29, 1.82) is 0 Å². The lowest BCUT2D eigenvalue weighted by molar-refractivity contribution is -0.121. The number of amides is 2. The fourth-order valence-electron chi connectivity index (χ4n) is 2.92. The Bertz CT molecular complexity index is 774. The molecule has 1 aliphatic heterocycles. The van der Waals surface area contributed by atoms with Crippen molar-refractivity contribution < 1.29 is 18.7 Å². The SMILES string of the molecule is COc1ccc(Cn2cc(C(=O)N3C[C@H](F)C[C@H]3C(N)=O)cn2)cc1. The molecule has 2 N–H and O–H groups in total. The quantitative estimate of drug-likeness (QED) is 0.874. The maximum Gasteiger partial charge on any atom is 0.257 e. The lowest BCUT2D eigenvalue weighted by atomic mass is 10.2. The predicted molar refractivity (Wildman–Crippen MR) is 87.9 cm³/mol. The zero-order valence-electron chi connectivity index (χ0n) is 13.8. The molecule has 0 spiro atoms. The fraction of sp³-hybridized carbons (Fsp3) is 0.353. The maximum atomic E-state index is 13.6. The molecule has 8 heteroatoms. The molecule has 1 saturated heterocycles. The fourth-order valence-corrected chi connectivity index (χ4v) is 2.92. The summed E-state index contributed by atoms with van der Waals surface area (Å²) >= 11 is 0. The molecular formula is C17H19FN4O3. The van der Waals surface area contributed by atoms with Crippen LogP contribution in [0.1, 0.15) is 22.3 Å². The van der Waals surface area contributed by atoms with Gasteiger partial charge in [-0.05, 0) is 17.7 Å². The topological polar surface area (TPSA) is 90.5 Å². The zero-order valence-corrected chi connectivity index (χ0v) is 13.8. The van der Waals surface area contributed by atoms with E-state index >= 15 is 0 Å². The van der Waals surface area contributed by atoms with E-state index in [0.29, 0.717) is 12.1 Å². The number of carbonyl (C=O) groups is 2. The molecule has 25 heavy (non-hydrogen) atoms. The summed E-state index contributed by atoms with van der Waals surface area (Å²) in [7, 11) is 1.60. The number of carbonyl (C=O) groups excluding carboxylic acids is 2. The minimum atomic E-state index is -1.24. The molecule has 0 aliphatic carbocycles. The highest BCUT2D eigenvalue weighted by atomic mass is 19.1. The molecule has 1 aromatic carbocycles. The number of nitrogens with two attached hydrogens (primary N) is 1. The summed E-state index contributed by atoms with van der Waals surface area (Å²) in [6.07, 6.45) is 1.70. The van der Waals surface area contributed by atoms with Gasteiger partial charge in [-0.1, -0.05) is 12.1 Å². The number of benzene rings is 1. The highest BCUT2D eigenvalue weighted by Gasteiger charge is 2.39. The Balaban J connectivity index is 1.71. The van der Waals surface area contributed by atoms with Gasteiger partial charge in [0.25, 0.3) is 5.91 Å². The Hall–Kier alpha value is -2.90. The lowest BCUT2D eigenvalue weighted by Crippen LogP contribution is -2.43. The van der Waals surface area contributed by atoms with E-state index in [2.05, 4.69) is 5.10 Å². The van der Waals surface area contributed by atoms with Crippen molar-refractivity contribution in [2.45, 2.75) is 25.2 Å². The Morgan fingerprint density at radius 1 is 1.36 bits per heavy atom. The summed E-state index contributed by atoms with van der Waals surface area (Å²) in [5.74, 6) is -0.378. The van der Waals surface area contributed by atoms with Crippen LogP contribution in [0, 0.1) is 0 Å². The average molecular weight is 346 g/mol. The summed E-state index contributed by atoms with van der Waals surface area (Å²) in [5.41, 5.74) is 6.56. The van der Waals surface area contributed by atoms with Crippen LogP contribution in [0.25, 0.3) is 0 Å². The van der Waals surface area contributed by atoms with Crippen molar-refractivity contribution in [3.8, 4) is 5.75 Å². The molecule has 7 nitrogen and oxygen atoms in total. The molecule has 0 radical (unpaired) electrons. The van der Waals surface area contributed by atoms with Crippen LogP contribution in [-0.2, 0) is 11.3 Å². The molecule has 0 bridgehead atoms. The summed E-state index contributed by atoms with van der Waals surface area (Å²) < 4.78 is 20.3. The summed E-state index contributed by atoms with van der Waals surface area (Å²) in [6.45, 7) is 0.346. The Morgan fingerprint density at radius 3 is 2.72 bits per heavy atom. The minimum Gasteiger partial charge on any atom is -0.497 e. The second kappa shape index (κ2) is 6.92. The summed E-state index contributed by atoms with van der Waals surface area (Å²) in [6, 6.07) is 6.58. The van der Waals surface area contributed by atoms with E-state index in [9.17, 15) is 14.0 Å². The van der Waals surface area contributed by atoms with Gasteiger partial charge in [0, 0.05) is 12.6 Å². The Morgan fingerprint density at radius 2 is 2.08 bits per heavy atom. The van der Waals surface area contributed by atoms with Gasteiger partial charge in [0.2, 0.25) is 5.91 Å². The van der Waals surface area contributed by atoms with Crippen molar-refractivity contribution in [1.82, 2.24) is 14.7 Å². The first-order chi connectivity index (χ1) is 12.0. The number of hydrogen-bond donors (Lipinski definition) is 1. The van der Waals surface area contributed by atoms with Gasteiger partial charge in [-0.3, -0.25) is 14.3 Å². The highest BCUT2D eigenvalue weighted by molar-refractivity contribution is 5.97. The average Bonchev–Trinajstić information content (AvgIpc) is 3.21. The lowest BCUT2D eigenvalue weighted by Gasteiger charge is -2.20. The third kappa shape index (κ3) is 3.62. The molecule has 3 rings (SSSR count). The number of alkyl halides is 1. The normalized spacial score (nSPS) is 19.8. The van der Waals surface area contributed by atoms with Crippen LogP contribution < -0.4 is 10.5 Å². The van der Waals surface area contributed by atoms with Gasteiger partial charge in [0.1, 0.15) is 18.0 Å². The van der Waals surface area contributed by atoms with E-state index in [4.69, 9.17) is 10.5 Å². The molecule has 0 saturated carbocycles. The zero-order chi connectivity index (χ0) is 18.0. The van der Waals surface area contributed by atoms with E-state index in [1.807, 2.05) is 24.3 Å². The highest BCUT2D eigenvalue weighted by Crippen LogP contribution is 2.22. The van der Waals surface area contributed by atoms with Gasteiger partial charge in [-0.15, -0.1) is 0 Å². The number of ether oxygens (including phenoxy) is 1. The van der Waals surface area contributed by atoms with Crippen molar-refractivity contribution >= 4 is 11.8 Å². The molecule has 2 aromatic rings. The monoisotopic (exact) mass is 346 g/mol. The van der Waals surface area contributed by atoms with Gasteiger partial charge >= 0.3 is 0 Å². The van der Waals surface area contributed by atoms with E-state index in [1.165, 1.54) is 11.1 Å². The third-order valence-electron chi connectivity index (χ3n) is 4.22. The van der Waals surface area contributed by atoms with E-state index in [1.54, 1.807) is 18.0 Å².